The van der Waals surface area contributed by atoms with Crippen molar-refractivity contribution >= 4 is 31.9 Å². The van der Waals surface area contributed by atoms with Crippen LogP contribution < -0.4 is 0 Å². The lowest BCUT2D eigenvalue weighted by Crippen LogP contribution is -2.25. The summed E-state index contributed by atoms with van der Waals surface area (Å²) in [6, 6.07) is 20.0. The third kappa shape index (κ3) is 1.88. The van der Waals surface area contributed by atoms with Crippen LogP contribution in [0, 0.1) is 0 Å². The van der Waals surface area contributed by atoms with Gasteiger partial charge >= 0.3 is 0 Å². The average molecular weight is 478 g/mol. The smallest absolute Gasteiger partial charge is 0.0619 e. The summed E-state index contributed by atoms with van der Waals surface area (Å²) >= 11 is 7.27. The van der Waals surface area contributed by atoms with Crippen molar-refractivity contribution < 1.29 is 5.48 Å². The van der Waals surface area contributed by atoms with Crippen LogP contribution in [0.3, 0.4) is 0 Å². The van der Waals surface area contributed by atoms with E-state index in [0.717, 1.165) is 42.3 Å². The van der Waals surface area contributed by atoms with Gasteiger partial charge < -0.3 is 0 Å². The van der Waals surface area contributed by atoms with Gasteiger partial charge in [-0.1, -0.05) is 92.4 Å². The highest BCUT2D eigenvalue weighted by Crippen LogP contribution is 2.63. The molecular weight excluding hydrogens is 460 g/mol. The molecular formula is C25H14Br2. The fourth-order valence-corrected chi connectivity index (χ4v) is 5.51. The number of rotatable bonds is 0. The van der Waals surface area contributed by atoms with Crippen LogP contribution in [0.1, 0.15) is 27.7 Å². The minimum atomic E-state index is -0.805. The molecule has 0 unspecified atom stereocenters. The van der Waals surface area contributed by atoms with Gasteiger partial charge in [-0.05, 0) is 68.8 Å². The van der Waals surface area contributed by atoms with Gasteiger partial charge in [-0.15, -0.1) is 0 Å². The second-order valence-electron chi connectivity index (χ2n) is 6.93. The molecule has 4 aromatic carbocycles. The van der Waals surface area contributed by atoms with Crippen LogP contribution in [0.2, 0.25) is 0 Å². The Hall–Kier alpha value is -2.16. The fraction of sp³-hybridized carbons (Fsp3) is 0.0400. The van der Waals surface area contributed by atoms with Crippen LogP contribution in [0.4, 0.5) is 0 Å². The Bertz CT molecular complexity index is 1410. The Morgan fingerprint density at radius 3 is 1.89 bits per heavy atom. The van der Waals surface area contributed by atoms with Crippen LogP contribution in [-0.2, 0) is 5.41 Å². The van der Waals surface area contributed by atoms with E-state index in [-0.39, 0.29) is 24.2 Å². The minimum Gasteiger partial charge on any atom is -0.0619 e. The van der Waals surface area contributed by atoms with Crippen molar-refractivity contribution in [3.63, 3.8) is 0 Å². The van der Waals surface area contributed by atoms with Crippen molar-refractivity contribution in [3.8, 4) is 22.3 Å². The highest BCUT2D eigenvalue weighted by molar-refractivity contribution is 9.10. The van der Waals surface area contributed by atoms with Crippen LogP contribution in [0.15, 0.2) is 93.8 Å². The van der Waals surface area contributed by atoms with Gasteiger partial charge in [-0.3, -0.25) is 0 Å². The molecule has 0 aliphatic heterocycles. The highest BCUT2D eigenvalue weighted by Gasteiger charge is 2.51. The number of hydrogen-bond acceptors (Lipinski definition) is 0. The lowest BCUT2D eigenvalue weighted by molar-refractivity contribution is 0.792. The topological polar surface area (TPSA) is 0 Å². The van der Waals surface area contributed by atoms with E-state index >= 15 is 0 Å². The predicted octanol–water partition coefficient (Wildman–Crippen LogP) is 7.56. The molecule has 128 valence electrons. The van der Waals surface area contributed by atoms with E-state index in [2.05, 4.69) is 62.2 Å². The molecule has 27 heavy (non-hydrogen) atoms. The van der Waals surface area contributed by atoms with E-state index < -0.39 is 5.41 Å². The van der Waals surface area contributed by atoms with Gasteiger partial charge in [-0.2, -0.15) is 0 Å². The summed E-state index contributed by atoms with van der Waals surface area (Å²) in [7, 11) is 0. The highest BCUT2D eigenvalue weighted by atomic mass is 79.9. The van der Waals surface area contributed by atoms with E-state index in [1.165, 1.54) is 0 Å². The van der Waals surface area contributed by atoms with Gasteiger partial charge in [0, 0.05) is 8.95 Å². The summed E-state index contributed by atoms with van der Waals surface area (Å²) in [6.07, 6.45) is 0. The molecule has 0 bridgehead atoms. The molecule has 0 amide bonds. The quantitative estimate of drug-likeness (QED) is 0.212. The SMILES string of the molecule is [2H]c1c([2H])c([2H])c2c(c1[2H])-c1ccccc1C21c2cc(Br)ccc2-c2ccc(Br)cc21. The van der Waals surface area contributed by atoms with Crippen molar-refractivity contribution in [1.29, 1.82) is 0 Å². The summed E-state index contributed by atoms with van der Waals surface area (Å²) < 4.78 is 36.3. The van der Waals surface area contributed by atoms with Crippen molar-refractivity contribution in [2.45, 2.75) is 5.41 Å². The Balaban J connectivity index is 1.93. The molecule has 2 aliphatic carbocycles. The Labute approximate surface area is 180 Å². The van der Waals surface area contributed by atoms with E-state index in [0.29, 0.717) is 11.1 Å². The maximum Gasteiger partial charge on any atom is 0.0726 e. The van der Waals surface area contributed by atoms with E-state index in [9.17, 15) is 0 Å². The zero-order chi connectivity index (χ0) is 21.7. The first-order valence-electron chi connectivity index (χ1n) is 10.7. The molecule has 2 heteroatoms. The molecule has 0 nitrogen and oxygen atoms in total. The van der Waals surface area contributed by atoms with Gasteiger partial charge in [0.1, 0.15) is 0 Å². The monoisotopic (exact) mass is 476 g/mol. The Morgan fingerprint density at radius 2 is 1.19 bits per heavy atom. The van der Waals surface area contributed by atoms with Crippen LogP contribution >= 0.6 is 31.9 Å². The molecule has 6 rings (SSSR count). The standard InChI is InChI=1S/C25H14Br2/c26-15-9-11-19-20-12-10-16(27)14-24(20)25(23(19)13-15)21-7-3-1-5-17(21)18-6-2-4-8-22(18)25/h1-14H/i1D,3D,5D,7D. The zero-order valence-corrected chi connectivity index (χ0v) is 17.2. The number of halogens is 2. The lowest BCUT2D eigenvalue weighted by Gasteiger charge is -2.30. The first-order chi connectivity index (χ1) is 14.9. The third-order valence-corrected chi connectivity index (χ3v) is 6.71. The van der Waals surface area contributed by atoms with Crippen molar-refractivity contribution in [2.75, 3.05) is 0 Å². The number of fused-ring (bicyclic) bond motifs is 10. The van der Waals surface area contributed by atoms with Crippen LogP contribution in [0.25, 0.3) is 22.3 Å². The fourth-order valence-electron chi connectivity index (χ4n) is 4.79. The first kappa shape index (κ1) is 12.3. The van der Waals surface area contributed by atoms with Crippen molar-refractivity contribution in [1.82, 2.24) is 0 Å². The molecule has 1 spiro atoms. The molecule has 2 aliphatic rings. The van der Waals surface area contributed by atoms with Gasteiger partial charge in [0.05, 0.1) is 10.9 Å². The summed E-state index contributed by atoms with van der Waals surface area (Å²) in [5.74, 6) is 0. The van der Waals surface area contributed by atoms with Crippen molar-refractivity contribution in [3.05, 3.63) is 116 Å². The van der Waals surface area contributed by atoms with Gasteiger partial charge in [0.15, 0.2) is 0 Å². The number of benzene rings is 4. The van der Waals surface area contributed by atoms with Crippen molar-refractivity contribution in [2.24, 2.45) is 0 Å². The summed E-state index contributed by atoms with van der Waals surface area (Å²) in [5.41, 5.74) is 6.52. The molecule has 0 N–H and O–H groups in total. The summed E-state index contributed by atoms with van der Waals surface area (Å²) in [4.78, 5) is 0. The Morgan fingerprint density at radius 1 is 0.593 bits per heavy atom. The lowest BCUT2D eigenvalue weighted by atomic mass is 9.70. The zero-order valence-electron chi connectivity index (χ0n) is 18.0. The van der Waals surface area contributed by atoms with Crippen LogP contribution in [0.5, 0.6) is 0 Å². The summed E-state index contributed by atoms with van der Waals surface area (Å²) in [5, 5.41) is 0. The van der Waals surface area contributed by atoms with Crippen LogP contribution in [-0.4, -0.2) is 0 Å². The number of hydrogen-bond donors (Lipinski definition) is 0. The average Bonchev–Trinajstić information content (AvgIpc) is 3.22. The van der Waals surface area contributed by atoms with E-state index in [1.807, 2.05) is 30.3 Å². The molecule has 0 heterocycles. The maximum absolute atomic E-state index is 8.96. The maximum atomic E-state index is 8.96. The molecule has 0 saturated heterocycles. The largest absolute Gasteiger partial charge is 0.0726 e. The van der Waals surface area contributed by atoms with Gasteiger partial charge in [-0.25, -0.2) is 0 Å². The molecule has 0 fully saturated rings. The molecule has 0 atom stereocenters. The molecule has 0 aromatic heterocycles. The third-order valence-electron chi connectivity index (χ3n) is 5.72. The molecule has 0 saturated carbocycles. The second kappa shape index (κ2) is 5.43. The van der Waals surface area contributed by atoms with Gasteiger partial charge in [0.25, 0.3) is 0 Å². The second-order valence-corrected chi connectivity index (χ2v) is 8.76. The van der Waals surface area contributed by atoms with E-state index in [1.54, 1.807) is 0 Å². The molecule has 0 radical (unpaired) electrons. The normalized spacial score (nSPS) is 16.7. The predicted molar refractivity (Wildman–Crippen MR) is 118 cm³/mol. The molecule has 4 aromatic rings. The minimum absolute atomic E-state index is 0.0142. The Kier molecular flexibility index (Phi) is 2.48. The summed E-state index contributed by atoms with van der Waals surface area (Å²) in [6.45, 7) is 0. The van der Waals surface area contributed by atoms with Gasteiger partial charge in [0.2, 0.25) is 0 Å². The van der Waals surface area contributed by atoms with E-state index in [4.69, 9.17) is 5.48 Å². The first-order valence-corrected chi connectivity index (χ1v) is 10.3.